The number of benzene rings is 2. The van der Waals surface area contributed by atoms with Crippen molar-refractivity contribution in [1.29, 1.82) is 0 Å². The van der Waals surface area contributed by atoms with Crippen molar-refractivity contribution in [3.05, 3.63) is 76.2 Å². The van der Waals surface area contributed by atoms with E-state index in [4.69, 9.17) is 10.5 Å². The van der Waals surface area contributed by atoms with Crippen molar-refractivity contribution in [1.82, 2.24) is 0 Å². The molecular formula is C18H17N3O5S2. The van der Waals surface area contributed by atoms with E-state index < -0.39 is 14.9 Å². The second-order valence-corrected chi connectivity index (χ2v) is 8.66. The molecule has 0 saturated heterocycles. The summed E-state index contributed by atoms with van der Waals surface area (Å²) in [5.74, 6) is 0.643. The maximum absolute atomic E-state index is 13.1. The Bertz CT molecular complexity index is 1050. The molecule has 0 bridgehead atoms. The predicted molar refractivity (Wildman–Crippen MR) is 108 cm³/mol. The number of rotatable bonds is 8. The van der Waals surface area contributed by atoms with Gasteiger partial charge in [-0.15, -0.1) is 11.3 Å². The van der Waals surface area contributed by atoms with Crippen LogP contribution in [-0.2, 0) is 10.0 Å². The molecular weight excluding hydrogens is 402 g/mol. The third kappa shape index (κ3) is 4.14. The van der Waals surface area contributed by atoms with E-state index in [0.717, 1.165) is 11.3 Å². The van der Waals surface area contributed by atoms with Crippen LogP contribution in [0, 0.1) is 10.1 Å². The summed E-state index contributed by atoms with van der Waals surface area (Å²) in [5, 5.41) is 12.5. The molecule has 0 aliphatic heterocycles. The van der Waals surface area contributed by atoms with Crippen molar-refractivity contribution in [3.8, 4) is 11.5 Å². The monoisotopic (exact) mass is 419 g/mol. The molecule has 8 nitrogen and oxygen atoms in total. The van der Waals surface area contributed by atoms with Crippen LogP contribution in [0.5, 0.6) is 11.5 Å². The summed E-state index contributed by atoms with van der Waals surface area (Å²) in [6.45, 7) is 0.192. The fraction of sp³-hybridized carbons (Fsp3) is 0.111. The summed E-state index contributed by atoms with van der Waals surface area (Å²) < 4.78 is 33.3. The first-order chi connectivity index (χ1) is 13.4. The number of anilines is 1. The SMILES string of the molecule is NCCN(c1ccccc1Oc1ccc([N+](=O)[O-])cc1)S(=O)(=O)c1cccs1. The zero-order chi connectivity index (χ0) is 20.1. The highest BCUT2D eigenvalue weighted by Crippen LogP contribution is 2.36. The molecule has 0 aliphatic rings. The molecule has 0 atom stereocenters. The Labute approximate surface area is 166 Å². The van der Waals surface area contributed by atoms with E-state index in [0.29, 0.717) is 17.2 Å². The van der Waals surface area contributed by atoms with E-state index >= 15 is 0 Å². The molecule has 1 aromatic heterocycles. The van der Waals surface area contributed by atoms with Crippen LogP contribution in [0.4, 0.5) is 11.4 Å². The van der Waals surface area contributed by atoms with E-state index in [1.165, 1.54) is 34.6 Å². The van der Waals surface area contributed by atoms with Crippen LogP contribution < -0.4 is 14.8 Å². The highest BCUT2D eigenvalue weighted by atomic mass is 32.2. The van der Waals surface area contributed by atoms with Crippen molar-refractivity contribution in [3.63, 3.8) is 0 Å². The number of non-ortho nitro benzene ring substituents is 1. The molecule has 0 unspecified atom stereocenters. The van der Waals surface area contributed by atoms with Crippen molar-refractivity contribution < 1.29 is 18.1 Å². The minimum atomic E-state index is -3.80. The van der Waals surface area contributed by atoms with E-state index in [9.17, 15) is 18.5 Å². The lowest BCUT2D eigenvalue weighted by Gasteiger charge is -2.25. The number of hydrogen-bond acceptors (Lipinski definition) is 7. The fourth-order valence-electron chi connectivity index (χ4n) is 2.52. The maximum Gasteiger partial charge on any atom is 0.273 e. The highest BCUT2D eigenvalue weighted by Gasteiger charge is 2.27. The summed E-state index contributed by atoms with van der Waals surface area (Å²) in [4.78, 5) is 10.3. The molecule has 0 fully saturated rings. The number of ether oxygens (including phenoxy) is 1. The minimum Gasteiger partial charge on any atom is -0.455 e. The molecule has 2 aromatic carbocycles. The van der Waals surface area contributed by atoms with Crippen LogP contribution in [0.2, 0.25) is 0 Å². The summed E-state index contributed by atoms with van der Waals surface area (Å²) in [6.07, 6.45) is 0. The molecule has 0 radical (unpaired) electrons. The lowest BCUT2D eigenvalue weighted by atomic mass is 10.2. The number of nitrogens with zero attached hydrogens (tertiary/aromatic N) is 2. The molecule has 3 aromatic rings. The predicted octanol–water partition coefficient (Wildman–Crippen LogP) is 3.60. The first-order valence-corrected chi connectivity index (χ1v) is 10.5. The standard InChI is InChI=1S/C18H17N3O5S2/c19-11-12-20(28(24,25)18-6-3-13-27-18)16-4-1-2-5-17(16)26-15-9-7-14(8-10-15)21(22)23/h1-10,13H,11-12,19H2. The average Bonchev–Trinajstić information content (AvgIpc) is 3.23. The first-order valence-electron chi connectivity index (χ1n) is 8.21. The van der Waals surface area contributed by atoms with Crippen LogP contribution in [0.1, 0.15) is 0 Å². The van der Waals surface area contributed by atoms with Gasteiger partial charge >= 0.3 is 0 Å². The topological polar surface area (TPSA) is 116 Å². The van der Waals surface area contributed by atoms with Gasteiger partial charge in [-0.3, -0.25) is 14.4 Å². The van der Waals surface area contributed by atoms with Crippen LogP contribution in [0.25, 0.3) is 0 Å². The molecule has 0 aliphatic carbocycles. The number of hydrogen-bond donors (Lipinski definition) is 1. The van der Waals surface area contributed by atoms with Gasteiger partial charge in [0.25, 0.3) is 15.7 Å². The molecule has 0 spiro atoms. The lowest BCUT2D eigenvalue weighted by molar-refractivity contribution is -0.384. The molecule has 1 heterocycles. The fourth-order valence-corrected chi connectivity index (χ4v) is 5.11. The Morgan fingerprint density at radius 2 is 1.79 bits per heavy atom. The van der Waals surface area contributed by atoms with E-state index in [1.54, 1.807) is 35.7 Å². The Morgan fingerprint density at radius 3 is 2.39 bits per heavy atom. The molecule has 3 rings (SSSR count). The third-order valence-electron chi connectivity index (χ3n) is 3.78. The van der Waals surface area contributed by atoms with E-state index in [2.05, 4.69) is 0 Å². The van der Waals surface area contributed by atoms with Gasteiger partial charge in [-0.25, -0.2) is 8.42 Å². The van der Waals surface area contributed by atoms with Gasteiger partial charge in [-0.2, -0.15) is 0 Å². The Kier molecular flexibility index (Phi) is 5.93. The van der Waals surface area contributed by atoms with E-state index in [-0.39, 0.29) is 23.0 Å². The minimum absolute atomic E-state index is 0.0642. The maximum atomic E-state index is 13.1. The van der Waals surface area contributed by atoms with Crippen LogP contribution in [0.15, 0.2) is 70.3 Å². The van der Waals surface area contributed by atoms with Gasteiger partial charge in [0.15, 0.2) is 5.75 Å². The summed E-state index contributed by atoms with van der Waals surface area (Å²) >= 11 is 1.12. The van der Waals surface area contributed by atoms with Crippen LogP contribution in [-0.4, -0.2) is 26.4 Å². The number of nitro groups is 1. The van der Waals surface area contributed by atoms with E-state index in [1.807, 2.05) is 0 Å². The van der Waals surface area contributed by atoms with Gasteiger partial charge in [0.05, 0.1) is 10.6 Å². The first kappa shape index (κ1) is 19.8. The number of nitro benzene ring substituents is 1. The summed E-state index contributed by atoms with van der Waals surface area (Å²) in [5.41, 5.74) is 5.93. The van der Waals surface area contributed by atoms with Gasteiger partial charge in [0.2, 0.25) is 0 Å². The van der Waals surface area contributed by atoms with Gasteiger partial charge < -0.3 is 10.5 Å². The zero-order valence-electron chi connectivity index (χ0n) is 14.6. The zero-order valence-corrected chi connectivity index (χ0v) is 16.2. The lowest BCUT2D eigenvalue weighted by Crippen LogP contribution is -2.35. The smallest absolute Gasteiger partial charge is 0.273 e. The number of nitrogens with two attached hydrogens (primary N) is 1. The Morgan fingerprint density at radius 1 is 1.07 bits per heavy atom. The Balaban J connectivity index is 1.98. The number of sulfonamides is 1. The normalized spacial score (nSPS) is 11.2. The van der Waals surface area contributed by atoms with Gasteiger partial charge in [0, 0.05) is 25.2 Å². The summed E-state index contributed by atoms with van der Waals surface area (Å²) in [7, 11) is -3.80. The highest BCUT2D eigenvalue weighted by molar-refractivity contribution is 7.94. The Hall–Kier alpha value is -2.95. The van der Waals surface area contributed by atoms with Crippen molar-refractivity contribution in [2.45, 2.75) is 4.21 Å². The summed E-state index contributed by atoms with van der Waals surface area (Å²) in [6, 6.07) is 15.4. The van der Waals surface area contributed by atoms with Crippen molar-refractivity contribution in [2.24, 2.45) is 5.73 Å². The van der Waals surface area contributed by atoms with Crippen molar-refractivity contribution in [2.75, 3.05) is 17.4 Å². The molecule has 146 valence electrons. The molecule has 28 heavy (non-hydrogen) atoms. The van der Waals surface area contributed by atoms with Crippen LogP contribution in [0.3, 0.4) is 0 Å². The molecule has 10 heteroatoms. The second kappa shape index (κ2) is 8.38. The second-order valence-electron chi connectivity index (χ2n) is 5.62. The average molecular weight is 419 g/mol. The largest absolute Gasteiger partial charge is 0.455 e. The van der Waals surface area contributed by atoms with Crippen LogP contribution >= 0.6 is 11.3 Å². The van der Waals surface area contributed by atoms with Gasteiger partial charge in [0.1, 0.15) is 9.96 Å². The van der Waals surface area contributed by atoms with Gasteiger partial charge in [-0.1, -0.05) is 18.2 Å². The molecule has 2 N–H and O–H groups in total. The third-order valence-corrected chi connectivity index (χ3v) is 6.97. The van der Waals surface area contributed by atoms with Gasteiger partial charge in [-0.05, 0) is 35.7 Å². The quantitative estimate of drug-likeness (QED) is 0.440. The number of thiophene rings is 1. The molecule has 0 saturated carbocycles. The van der Waals surface area contributed by atoms with Crippen molar-refractivity contribution >= 4 is 32.7 Å². The molecule has 0 amide bonds. The number of para-hydroxylation sites is 2.